The van der Waals surface area contributed by atoms with Crippen molar-refractivity contribution in [2.75, 3.05) is 0 Å². The Kier molecular flexibility index (Phi) is 3.64. The highest BCUT2D eigenvalue weighted by Gasteiger charge is 2.17. The number of allylic oxidation sites excluding steroid dienone is 1. The number of hydrogen-bond acceptors (Lipinski definition) is 1. The van der Waals surface area contributed by atoms with Gasteiger partial charge < -0.3 is 5.11 Å². The predicted molar refractivity (Wildman–Crippen MR) is 47.4 cm³/mol. The molecule has 1 nitrogen and oxygen atoms in total. The van der Waals surface area contributed by atoms with E-state index in [0.29, 0.717) is 0 Å². The largest absolute Gasteiger partial charge is 0.393 e. The third-order valence-corrected chi connectivity index (χ3v) is 2.60. The Morgan fingerprint density at radius 3 is 2.45 bits per heavy atom. The minimum absolute atomic E-state index is 0.00465. The Morgan fingerprint density at radius 2 is 1.91 bits per heavy atom. The summed E-state index contributed by atoms with van der Waals surface area (Å²) in [6.45, 7) is 3.71. The van der Waals surface area contributed by atoms with Crippen LogP contribution in [0.4, 0.5) is 0 Å². The average Bonchev–Trinajstić information content (AvgIpc) is 2.04. The van der Waals surface area contributed by atoms with Crippen molar-refractivity contribution < 1.29 is 5.11 Å². The van der Waals surface area contributed by atoms with Crippen molar-refractivity contribution in [1.82, 2.24) is 0 Å². The third kappa shape index (κ3) is 3.06. The molecular formula is C10H18O. The molecule has 0 aromatic rings. The van der Waals surface area contributed by atoms with Gasteiger partial charge in [0.2, 0.25) is 0 Å². The summed E-state index contributed by atoms with van der Waals surface area (Å²) in [5.41, 5.74) is 0. The first-order valence-corrected chi connectivity index (χ1v) is 4.62. The van der Waals surface area contributed by atoms with Crippen LogP contribution in [0.5, 0.6) is 0 Å². The van der Waals surface area contributed by atoms with Gasteiger partial charge in [0.05, 0.1) is 6.10 Å². The van der Waals surface area contributed by atoms with E-state index in [1.54, 1.807) is 0 Å². The third-order valence-electron chi connectivity index (χ3n) is 2.60. The van der Waals surface area contributed by atoms with Crippen molar-refractivity contribution in [2.24, 2.45) is 5.92 Å². The van der Waals surface area contributed by atoms with Gasteiger partial charge in [0, 0.05) is 0 Å². The molecule has 1 fully saturated rings. The lowest BCUT2D eigenvalue weighted by Crippen LogP contribution is -2.17. The fourth-order valence-corrected chi connectivity index (χ4v) is 1.79. The molecule has 0 atom stereocenters. The second kappa shape index (κ2) is 4.55. The maximum Gasteiger partial charge on any atom is 0.0540 e. The lowest BCUT2D eigenvalue weighted by atomic mass is 9.85. The molecule has 0 amide bonds. The van der Waals surface area contributed by atoms with Gasteiger partial charge in [0.1, 0.15) is 0 Å². The zero-order valence-corrected chi connectivity index (χ0v) is 7.13. The van der Waals surface area contributed by atoms with E-state index in [-0.39, 0.29) is 6.10 Å². The quantitative estimate of drug-likeness (QED) is 0.619. The molecule has 1 N–H and O–H groups in total. The molecule has 1 saturated carbocycles. The van der Waals surface area contributed by atoms with Gasteiger partial charge in [-0.05, 0) is 44.4 Å². The summed E-state index contributed by atoms with van der Waals surface area (Å²) in [7, 11) is 0. The fraction of sp³-hybridized carbons (Fsp3) is 0.800. The van der Waals surface area contributed by atoms with E-state index in [2.05, 4.69) is 6.58 Å². The lowest BCUT2D eigenvalue weighted by Gasteiger charge is -2.24. The van der Waals surface area contributed by atoms with Crippen LogP contribution in [-0.2, 0) is 0 Å². The van der Waals surface area contributed by atoms with Gasteiger partial charge in [-0.3, -0.25) is 0 Å². The van der Waals surface area contributed by atoms with Crippen molar-refractivity contribution in [3.05, 3.63) is 12.7 Å². The van der Waals surface area contributed by atoms with Crippen molar-refractivity contribution in [2.45, 2.75) is 44.6 Å². The molecule has 1 rings (SSSR count). The molecule has 0 spiro atoms. The fourth-order valence-electron chi connectivity index (χ4n) is 1.79. The maximum atomic E-state index is 9.23. The smallest absolute Gasteiger partial charge is 0.0540 e. The SMILES string of the molecule is C=CCCC1CCC(O)CC1. The highest BCUT2D eigenvalue weighted by atomic mass is 16.3. The van der Waals surface area contributed by atoms with E-state index in [4.69, 9.17) is 0 Å². The van der Waals surface area contributed by atoms with Crippen LogP contribution in [0.15, 0.2) is 12.7 Å². The van der Waals surface area contributed by atoms with Crippen LogP contribution < -0.4 is 0 Å². The van der Waals surface area contributed by atoms with Gasteiger partial charge in [-0.1, -0.05) is 6.08 Å². The van der Waals surface area contributed by atoms with Crippen molar-refractivity contribution in [3.8, 4) is 0 Å². The molecule has 1 heteroatoms. The van der Waals surface area contributed by atoms with Crippen molar-refractivity contribution in [1.29, 1.82) is 0 Å². The Labute approximate surface area is 69.1 Å². The number of hydrogen-bond donors (Lipinski definition) is 1. The van der Waals surface area contributed by atoms with E-state index in [1.807, 2.05) is 6.08 Å². The number of rotatable bonds is 3. The molecule has 0 aromatic carbocycles. The zero-order valence-electron chi connectivity index (χ0n) is 7.13. The summed E-state index contributed by atoms with van der Waals surface area (Å²) in [6.07, 6.45) is 8.87. The average molecular weight is 154 g/mol. The monoisotopic (exact) mass is 154 g/mol. The Balaban J connectivity index is 2.12. The molecule has 0 radical (unpaired) electrons. The van der Waals surface area contributed by atoms with Gasteiger partial charge in [0.15, 0.2) is 0 Å². The molecule has 0 bridgehead atoms. The van der Waals surface area contributed by atoms with Gasteiger partial charge in [0.25, 0.3) is 0 Å². The highest BCUT2D eigenvalue weighted by molar-refractivity contribution is 4.75. The first kappa shape index (κ1) is 8.79. The van der Waals surface area contributed by atoms with E-state index in [1.165, 1.54) is 19.3 Å². The number of aliphatic hydroxyl groups excluding tert-OH is 1. The van der Waals surface area contributed by atoms with Crippen LogP contribution in [-0.4, -0.2) is 11.2 Å². The van der Waals surface area contributed by atoms with Gasteiger partial charge in [-0.2, -0.15) is 0 Å². The molecule has 0 aliphatic heterocycles. The zero-order chi connectivity index (χ0) is 8.10. The van der Waals surface area contributed by atoms with Crippen LogP contribution in [0.2, 0.25) is 0 Å². The molecule has 0 saturated heterocycles. The van der Waals surface area contributed by atoms with Crippen molar-refractivity contribution >= 4 is 0 Å². The predicted octanol–water partition coefficient (Wildman–Crippen LogP) is 2.50. The Morgan fingerprint density at radius 1 is 1.27 bits per heavy atom. The standard InChI is InChI=1S/C10H18O/c1-2-3-4-9-5-7-10(11)8-6-9/h2,9-11H,1,3-8H2. The Hall–Kier alpha value is -0.300. The molecule has 0 aromatic heterocycles. The minimum Gasteiger partial charge on any atom is -0.393 e. The second-order valence-corrected chi connectivity index (χ2v) is 3.54. The Bertz CT molecular complexity index is 112. The summed E-state index contributed by atoms with van der Waals surface area (Å²) < 4.78 is 0. The molecule has 11 heavy (non-hydrogen) atoms. The normalized spacial score (nSPS) is 31.7. The van der Waals surface area contributed by atoms with E-state index in [0.717, 1.165) is 25.2 Å². The summed E-state index contributed by atoms with van der Waals surface area (Å²) in [5.74, 6) is 0.858. The topological polar surface area (TPSA) is 20.2 Å². The van der Waals surface area contributed by atoms with E-state index >= 15 is 0 Å². The summed E-state index contributed by atoms with van der Waals surface area (Å²) in [5, 5.41) is 9.23. The maximum absolute atomic E-state index is 9.23. The first-order valence-electron chi connectivity index (χ1n) is 4.62. The summed E-state index contributed by atoms with van der Waals surface area (Å²) in [4.78, 5) is 0. The van der Waals surface area contributed by atoms with E-state index < -0.39 is 0 Å². The summed E-state index contributed by atoms with van der Waals surface area (Å²) in [6, 6.07) is 0. The highest BCUT2D eigenvalue weighted by Crippen LogP contribution is 2.27. The van der Waals surface area contributed by atoms with Gasteiger partial charge in [-0.25, -0.2) is 0 Å². The molecule has 1 aliphatic rings. The first-order chi connectivity index (χ1) is 5.33. The molecule has 1 aliphatic carbocycles. The minimum atomic E-state index is -0.00465. The van der Waals surface area contributed by atoms with E-state index in [9.17, 15) is 5.11 Å². The molecule has 64 valence electrons. The van der Waals surface area contributed by atoms with Gasteiger partial charge in [-0.15, -0.1) is 6.58 Å². The molecular weight excluding hydrogens is 136 g/mol. The van der Waals surface area contributed by atoms with Crippen LogP contribution >= 0.6 is 0 Å². The van der Waals surface area contributed by atoms with Crippen molar-refractivity contribution in [3.63, 3.8) is 0 Å². The summed E-state index contributed by atoms with van der Waals surface area (Å²) >= 11 is 0. The lowest BCUT2D eigenvalue weighted by molar-refractivity contribution is 0.107. The van der Waals surface area contributed by atoms with Crippen LogP contribution in [0.1, 0.15) is 38.5 Å². The number of aliphatic hydroxyl groups is 1. The van der Waals surface area contributed by atoms with Gasteiger partial charge >= 0.3 is 0 Å². The molecule has 0 heterocycles. The van der Waals surface area contributed by atoms with Crippen LogP contribution in [0, 0.1) is 5.92 Å². The molecule has 0 unspecified atom stereocenters. The van der Waals surface area contributed by atoms with Crippen LogP contribution in [0.3, 0.4) is 0 Å². The second-order valence-electron chi connectivity index (χ2n) is 3.54. The van der Waals surface area contributed by atoms with Crippen LogP contribution in [0.25, 0.3) is 0 Å².